The molecule has 0 aliphatic heterocycles. The Labute approximate surface area is 85.8 Å². The van der Waals surface area contributed by atoms with Crippen LogP contribution in [0.15, 0.2) is 24.3 Å². The van der Waals surface area contributed by atoms with Crippen molar-refractivity contribution in [1.29, 1.82) is 0 Å². The third-order valence-electron chi connectivity index (χ3n) is 2.24. The van der Waals surface area contributed by atoms with Crippen molar-refractivity contribution in [2.24, 2.45) is 0 Å². The van der Waals surface area contributed by atoms with Gasteiger partial charge < -0.3 is 0 Å². The van der Waals surface area contributed by atoms with Crippen LogP contribution in [0.4, 0.5) is 5.69 Å². The van der Waals surface area contributed by atoms with Crippen LogP contribution in [-0.4, -0.2) is 9.85 Å². The highest BCUT2D eigenvalue weighted by molar-refractivity contribution is 5.34. The normalized spacial score (nSPS) is 11.1. The first-order valence-corrected chi connectivity index (χ1v) is 4.25. The molecule has 6 heteroatoms. The zero-order valence-corrected chi connectivity index (χ0v) is 8.34. The van der Waals surface area contributed by atoms with E-state index in [2.05, 4.69) is 0 Å². The van der Waals surface area contributed by atoms with Crippen LogP contribution in [0, 0.1) is 20.2 Å². The summed E-state index contributed by atoms with van der Waals surface area (Å²) in [5, 5.41) is 21.1. The average Bonchev–Trinajstić information content (AvgIpc) is 2.17. The molecule has 0 saturated carbocycles. The molecule has 0 spiro atoms. The Bertz CT molecular complexity index is 397. The smallest absolute Gasteiger partial charge is 0.264 e. The van der Waals surface area contributed by atoms with Crippen molar-refractivity contribution >= 4 is 5.69 Å². The molecule has 1 aromatic rings. The van der Waals surface area contributed by atoms with Gasteiger partial charge in [0.15, 0.2) is 0 Å². The summed E-state index contributed by atoms with van der Waals surface area (Å²) >= 11 is 0. The molecular formula is C9H10N2O4. The SMILES string of the molecule is CC(C)(c1ccc([N+](=O)[O-])cc1)[15N+](=O)[O-]. The number of nitrogens with zero attached hydrogens (tertiary/aromatic N) is 2. The van der Waals surface area contributed by atoms with E-state index in [-0.39, 0.29) is 5.69 Å². The summed E-state index contributed by atoms with van der Waals surface area (Å²) in [6, 6.07) is 5.34. The summed E-state index contributed by atoms with van der Waals surface area (Å²) in [6.07, 6.45) is 0. The van der Waals surface area contributed by atoms with Crippen LogP contribution in [0.1, 0.15) is 19.4 Å². The zero-order valence-electron chi connectivity index (χ0n) is 8.34. The highest BCUT2D eigenvalue weighted by Crippen LogP contribution is 2.25. The van der Waals surface area contributed by atoms with Crippen LogP contribution in [0.5, 0.6) is 0 Å². The summed E-state index contributed by atoms with van der Waals surface area (Å²) in [7, 11) is 0. The Balaban J connectivity index is 3.09. The number of rotatable bonds is 3. The topological polar surface area (TPSA) is 86.3 Å². The molecule has 0 heterocycles. The van der Waals surface area contributed by atoms with E-state index in [4.69, 9.17) is 0 Å². The maximum absolute atomic E-state index is 10.7. The lowest BCUT2D eigenvalue weighted by Gasteiger charge is -2.15. The average molecular weight is 211 g/mol. The Morgan fingerprint density at radius 2 is 1.53 bits per heavy atom. The largest absolute Gasteiger partial charge is 0.269 e. The van der Waals surface area contributed by atoms with E-state index in [0.29, 0.717) is 5.56 Å². The fourth-order valence-electron chi connectivity index (χ4n) is 1.10. The van der Waals surface area contributed by atoms with Gasteiger partial charge in [0.2, 0.25) is 5.54 Å². The van der Waals surface area contributed by atoms with Crippen molar-refractivity contribution < 1.29 is 9.85 Å². The molecule has 0 fully saturated rings. The first-order chi connectivity index (χ1) is 6.85. The first kappa shape index (κ1) is 11.1. The second kappa shape index (κ2) is 3.64. The Hall–Kier alpha value is -1.98. The van der Waals surface area contributed by atoms with Crippen molar-refractivity contribution in [1.82, 2.24) is 0 Å². The van der Waals surface area contributed by atoms with Gasteiger partial charge in [0.1, 0.15) is 0 Å². The second-order valence-corrected chi connectivity index (χ2v) is 3.62. The van der Waals surface area contributed by atoms with Gasteiger partial charge in [-0.3, -0.25) is 20.2 Å². The molecule has 0 unspecified atom stereocenters. The van der Waals surface area contributed by atoms with Crippen LogP contribution in [0.25, 0.3) is 0 Å². The van der Waals surface area contributed by atoms with E-state index >= 15 is 0 Å². The Morgan fingerprint density at radius 3 is 1.87 bits per heavy atom. The summed E-state index contributed by atoms with van der Waals surface area (Å²) in [5.74, 6) is 0. The van der Waals surface area contributed by atoms with Crippen molar-refractivity contribution in [2.45, 2.75) is 19.4 Å². The molecule has 0 radical (unpaired) electrons. The van der Waals surface area contributed by atoms with Crippen LogP contribution in [0.2, 0.25) is 0 Å². The Kier molecular flexibility index (Phi) is 2.69. The van der Waals surface area contributed by atoms with Crippen molar-refractivity contribution in [3.63, 3.8) is 0 Å². The molecule has 6 nitrogen and oxygen atoms in total. The summed E-state index contributed by atoms with van der Waals surface area (Å²) in [4.78, 5) is 20.1. The number of benzene rings is 1. The molecule has 1 rings (SSSR count). The summed E-state index contributed by atoms with van der Waals surface area (Å²) in [6.45, 7) is 2.91. The summed E-state index contributed by atoms with van der Waals surface area (Å²) in [5.41, 5.74) is -0.856. The predicted octanol–water partition coefficient (Wildman–Crippen LogP) is 2.11. The van der Waals surface area contributed by atoms with Gasteiger partial charge in [0.25, 0.3) is 5.69 Å². The van der Waals surface area contributed by atoms with Gasteiger partial charge >= 0.3 is 0 Å². The van der Waals surface area contributed by atoms with Crippen molar-refractivity contribution in [2.75, 3.05) is 0 Å². The highest BCUT2D eigenvalue weighted by atomic mass is 16.9. The first-order valence-electron chi connectivity index (χ1n) is 4.25. The van der Waals surface area contributed by atoms with Crippen LogP contribution in [-0.2, 0) is 5.54 Å². The number of hydrogen-bond donors (Lipinski definition) is 0. The Morgan fingerprint density at radius 1 is 1.07 bits per heavy atom. The molecule has 15 heavy (non-hydrogen) atoms. The van der Waals surface area contributed by atoms with Gasteiger partial charge in [-0.25, -0.2) is 0 Å². The van der Waals surface area contributed by atoms with Crippen LogP contribution < -0.4 is 0 Å². The standard InChI is InChI=1S/C9H10N2O4/c1-9(2,11(14)15)7-3-5-8(6-4-7)10(12)13/h3-6H,1-2H3/i11+1. The van der Waals surface area contributed by atoms with Gasteiger partial charge in [0, 0.05) is 36.5 Å². The fourth-order valence-corrected chi connectivity index (χ4v) is 1.10. The van der Waals surface area contributed by atoms with E-state index in [1.807, 2.05) is 0 Å². The minimum atomic E-state index is -1.23. The maximum atomic E-state index is 10.7. The number of nitro groups is 2. The molecule has 0 bridgehead atoms. The van der Waals surface area contributed by atoms with E-state index < -0.39 is 15.4 Å². The van der Waals surface area contributed by atoms with E-state index in [0.717, 1.165) is 0 Å². The molecule has 80 valence electrons. The molecule has 0 amide bonds. The zero-order chi connectivity index (χ0) is 11.6. The summed E-state index contributed by atoms with van der Waals surface area (Å²) < 4.78 is 0. The predicted molar refractivity (Wildman–Crippen MR) is 53.1 cm³/mol. The lowest BCUT2D eigenvalue weighted by molar-refractivity contribution is -0.569. The second-order valence-electron chi connectivity index (χ2n) is 3.62. The number of non-ortho nitro benzene ring substituents is 1. The van der Waals surface area contributed by atoms with Gasteiger partial charge in [-0.05, 0) is 12.1 Å². The van der Waals surface area contributed by atoms with E-state index in [1.165, 1.54) is 38.1 Å². The molecule has 0 atom stereocenters. The third-order valence-corrected chi connectivity index (χ3v) is 2.24. The monoisotopic (exact) mass is 211 g/mol. The van der Waals surface area contributed by atoms with Gasteiger partial charge in [-0.15, -0.1) is 0 Å². The lowest BCUT2D eigenvalue weighted by atomic mass is 9.97. The van der Waals surface area contributed by atoms with E-state index in [1.54, 1.807) is 0 Å². The lowest BCUT2D eigenvalue weighted by Crippen LogP contribution is -2.27. The van der Waals surface area contributed by atoms with Crippen LogP contribution in [0.3, 0.4) is 0 Å². The molecule has 0 aliphatic carbocycles. The third kappa shape index (κ3) is 2.09. The molecular weight excluding hydrogens is 201 g/mol. The quantitative estimate of drug-likeness (QED) is 0.435. The van der Waals surface area contributed by atoms with E-state index in [9.17, 15) is 20.2 Å². The highest BCUT2D eigenvalue weighted by Gasteiger charge is 2.33. The molecule has 0 saturated heterocycles. The number of nitro benzene ring substituents is 1. The molecule has 0 N–H and O–H groups in total. The van der Waals surface area contributed by atoms with Crippen molar-refractivity contribution in [3.8, 4) is 0 Å². The van der Waals surface area contributed by atoms with Crippen molar-refractivity contribution in [3.05, 3.63) is 50.1 Å². The van der Waals surface area contributed by atoms with Gasteiger partial charge in [-0.1, -0.05) is 0 Å². The molecule has 0 aliphatic rings. The number of hydrogen-bond acceptors (Lipinski definition) is 4. The minimum absolute atomic E-state index is 0.0714. The minimum Gasteiger partial charge on any atom is -0.264 e. The van der Waals surface area contributed by atoms with Crippen LogP contribution >= 0.6 is 0 Å². The molecule has 1 aromatic carbocycles. The fraction of sp³-hybridized carbons (Fsp3) is 0.333. The maximum Gasteiger partial charge on any atom is 0.269 e. The van der Waals surface area contributed by atoms with Gasteiger partial charge in [0.05, 0.1) is 4.92 Å². The van der Waals surface area contributed by atoms with Gasteiger partial charge in [-0.2, -0.15) is 0 Å². The molecule has 0 aromatic heterocycles.